The summed E-state index contributed by atoms with van der Waals surface area (Å²) in [5.41, 5.74) is 10.4. The van der Waals surface area contributed by atoms with Gasteiger partial charge in [-0.25, -0.2) is 0 Å². The van der Waals surface area contributed by atoms with Crippen molar-refractivity contribution < 1.29 is 0 Å². The molecule has 0 unspecified atom stereocenters. The molecule has 0 radical (unpaired) electrons. The second-order valence-electron chi connectivity index (χ2n) is 12.8. The molecule has 1 aliphatic carbocycles. The number of aryl methyl sites for hydroxylation is 3. The number of rotatable bonds is 13. The van der Waals surface area contributed by atoms with Gasteiger partial charge in [0.1, 0.15) is 0 Å². The van der Waals surface area contributed by atoms with Gasteiger partial charge in [0, 0.05) is 5.54 Å². The summed E-state index contributed by atoms with van der Waals surface area (Å²) in [6.45, 7) is 6.86. The zero-order chi connectivity index (χ0) is 30.4. The van der Waals surface area contributed by atoms with Gasteiger partial charge < -0.3 is 0 Å². The molecular weight excluding hydrogens is 545 g/mol. The molecule has 0 atom stereocenters. The molecule has 0 saturated heterocycles. The highest BCUT2D eigenvalue weighted by molar-refractivity contribution is 7.12. The first-order valence-corrected chi connectivity index (χ1v) is 19.2. The Balaban J connectivity index is 1.63. The van der Waals surface area contributed by atoms with E-state index in [1.165, 1.54) is 93.0 Å². The summed E-state index contributed by atoms with van der Waals surface area (Å²) in [4.78, 5) is 0. The van der Waals surface area contributed by atoms with E-state index in [9.17, 15) is 0 Å². The molecule has 6 rings (SSSR count). The summed E-state index contributed by atoms with van der Waals surface area (Å²) >= 11 is 0. The Morgan fingerprint density at radius 1 is 0.409 bits per heavy atom. The SMILES string of the molecule is CCCCc1ccc([Si](c2ccc(CCCC)cc2)(c2ccc(CCCC)cc2)C2c3ccccc3-c3ccccc32)cc1. The zero-order valence-electron chi connectivity index (χ0n) is 27.0. The van der Waals surface area contributed by atoms with Crippen LogP contribution in [0.1, 0.15) is 92.7 Å². The van der Waals surface area contributed by atoms with E-state index in [4.69, 9.17) is 0 Å². The monoisotopic (exact) mass is 592 g/mol. The molecule has 5 aromatic rings. The summed E-state index contributed by atoms with van der Waals surface area (Å²) in [6, 6.07) is 48.2. The lowest BCUT2D eigenvalue weighted by molar-refractivity contribution is 0.795. The molecular formula is C43H48Si. The Labute approximate surface area is 267 Å². The van der Waals surface area contributed by atoms with Crippen LogP contribution in [0.15, 0.2) is 121 Å². The third-order valence-corrected chi connectivity index (χ3v) is 15.2. The topological polar surface area (TPSA) is 0 Å². The van der Waals surface area contributed by atoms with Gasteiger partial charge in [-0.05, 0) is 93.0 Å². The molecule has 0 spiro atoms. The van der Waals surface area contributed by atoms with E-state index in [0.29, 0.717) is 5.54 Å². The zero-order valence-corrected chi connectivity index (χ0v) is 28.0. The van der Waals surface area contributed by atoms with Gasteiger partial charge in [0.2, 0.25) is 0 Å². The number of hydrogen-bond acceptors (Lipinski definition) is 0. The second kappa shape index (κ2) is 14.0. The van der Waals surface area contributed by atoms with Gasteiger partial charge >= 0.3 is 0 Å². The predicted molar refractivity (Wildman–Crippen MR) is 194 cm³/mol. The van der Waals surface area contributed by atoms with Crippen LogP contribution in [0.3, 0.4) is 0 Å². The van der Waals surface area contributed by atoms with Crippen LogP contribution in [-0.4, -0.2) is 8.07 Å². The van der Waals surface area contributed by atoms with E-state index in [-0.39, 0.29) is 0 Å². The minimum atomic E-state index is -2.66. The van der Waals surface area contributed by atoms with Crippen molar-refractivity contribution in [3.05, 3.63) is 149 Å². The highest BCUT2D eigenvalue weighted by atomic mass is 28.3. The van der Waals surface area contributed by atoms with Crippen molar-refractivity contribution >= 4 is 23.6 Å². The highest BCUT2D eigenvalue weighted by Crippen LogP contribution is 2.48. The van der Waals surface area contributed by atoms with Crippen LogP contribution in [0.5, 0.6) is 0 Å². The van der Waals surface area contributed by atoms with E-state index in [0.717, 1.165) is 19.3 Å². The van der Waals surface area contributed by atoms with Crippen LogP contribution in [0, 0.1) is 0 Å². The van der Waals surface area contributed by atoms with Crippen molar-refractivity contribution in [1.82, 2.24) is 0 Å². The molecule has 0 aliphatic heterocycles. The molecule has 1 heteroatoms. The predicted octanol–water partition coefficient (Wildman–Crippen LogP) is 9.54. The van der Waals surface area contributed by atoms with Gasteiger partial charge in [-0.2, -0.15) is 0 Å². The van der Waals surface area contributed by atoms with Crippen LogP contribution in [-0.2, 0) is 19.3 Å². The van der Waals surface area contributed by atoms with Crippen molar-refractivity contribution in [3.63, 3.8) is 0 Å². The quantitative estimate of drug-likeness (QED) is 0.0943. The molecule has 0 bridgehead atoms. The molecule has 44 heavy (non-hydrogen) atoms. The van der Waals surface area contributed by atoms with E-state index in [1.54, 1.807) is 0 Å². The Bertz CT molecular complexity index is 1470. The first-order valence-electron chi connectivity index (χ1n) is 17.2. The van der Waals surface area contributed by atoms with E-state index >= 15 is 0 Å². The molecule has 0 saturated carbocycles. The van der Waals surface area contributed by atoms with Crippen LogP contribution >= 0.6 is 0 Å². The molecule has 0 aromatic heterocycles. The summed E-state index contributed by atoms with van der Waals surface area (Å²) in [5.74, 6) is 0. The van der Waals surface area contributed by atoms with E-state index in [1.807, 2.05) is 0 Å². The average Bonchev–Trinajstić information content (AvgIpc) is 3.42. The van der Waals surface area contributed by atoms with Crippen LogP contribution in [0.4, 0.5) is 0 Å². The first kappa shape index (κ1) is 30.3. The summed E-state index contributed by atoms with van der Waals surface area (Å²) < 4.78 is 0. The lowest BCUT2D eigenvalue weighted by Gasteiger charge is -2.40. The second-order valence-corrected chi connectivity index (χ2v) is 16.7. The summed E-state index contributed by atoms with van der Waals surface area (Å²) in [7, 11) is -2.66. The maximum Gasteiger partial charge on any atom is 0.159 e. The van der Waals surface area contributed by atoms with Gasteiger partial charge in [0.05, 0.1) is 0 Å². The van der Waals surface area contributed by atoms with Crippen LogP contribution < -0.4 is 15.6 Å². The number of hydrogen-bond donors (Lipinski definition) is 0. The summed E-state index contributed by atoms with van der Waals surface area (Å²) in [6.07, 6.45) is 10.9. The molecule has 0 amide bonds. The van der Waals surface area contributed by atoms with Gasteiger partial charge in [-0.3, -0.25) is 0 Å². The third-order valence-electron chi connectivity index (χ3n) is 9.95. The number of fused-ring (bicyclic) bond motifs is 3. The lowest BCUT2D eigenvalue weighted by Crippen LogP contribution is -2.70. The fraction of sp³-hybridized carbons (Fsp3) is 0.302. The third kappa shape index (κ3) is 5.75. The van der Waals surface area contributed by atoms with Crippen molar-refractivity contribution in [1.29, 1.82) is 0 Å². The van der Waals surface area contributed by atoms with E-state index < -0.39 is 8.07 Å². The Morgan fingerprint density at radius 3 is 1.05 bits per heavy atom. The minimum absolute atomic E-state index is 0.291. The van der Waals surface area contributed by atoms with E-state index in [2.05, 4.69) is 142 Å². The molecule has 0 heterocycles. The van der Waals surface area contributed by atoms with Gasteiger partial charge in [-0.15, -0.1) is 0 Å². The molecule has 224 valence electrons. The number of benzene rings is 5. The van der Waals surface area contributed by atoms with Crippen molar-refractivity contribution in [2.45, 2.75) is 84.1 Å². The van der Waals surface area contributed by atoms with Gasteiger partial charge in [-0.1, -0.05) is 161 Å². The minimum Gasteiger partial charge on any atom is -0.0654 e. The average molecular weight is 593 g/mol. The van der Waals surface area contributed by atoms with Crippen molar-refractivity contribution in [3.8, 4) is 11.1 Å². The van der Waals surface area contributed by atoms with Crippen LogP contribution in [0.25, 0.3) is 11.1 Å². The largest absolute Gasteiger partial charge is 0.159 e. The normalized spacial score (nSPS) is 12.7. The maximum absolute atomic E-state index is 2.66. The Kier molecular flexibility index (Phi) is 9.62. The smallest absolute Gasteiger partial charge is 0.0654 e. The Morgan fingerprint density at radius 2 is 0.727 bits per heavy atom. The standard InChI is InChI=1S/C43H48Si/c1-4-7-14-33-21-27-36(28-22-33)44(37-29-23-34(24-30-37)15-8-5-2,38-31-25-35(26-32-38)16-9-6-3)43-41-19-12-10-17-39(41)40-18-11-13-20-42(40)43/h10-13,17-32,43H,4-9,14-16H2,1-3H3. The van der Waals surface area contributed by atoms with Crippen molar-refractivity contribution in [2.24, 2.45) is 0 Å². The summed E-state index contributed by atoms with van der Waals surface area (Å²) in [5, 5.41) is 4.53. The molecule has 5 aromatic carbocycles. The molecule has 1 aliphatic rings. The van der Waals surface area contributed by atoms with Crippen molar-refractivity contribution in [2.75, 3.05) is 0 Å². The molecule has 0 nitrogen and oxygen atoms in total. The fourth-order valence-electron chi connectivity index (χ4n) is 7.57. The highest BCUT2D eigenvalue weighted by Gasteiger charge is 2.51. The first-order chi connectivity index (χ1) is 21.7. The number of unbranched alkanes of at least 4 members (excludes halogenated alkanes) is 3. The molecule has 0 N–H and O–H groups in total. The Hall–Kier alpha value is -3.68. The van der Waals surface area contributed by atoms with Gasteiger partial charge in [0.15, 0.2) is 8.07 Å². The fourth-order valence-corrected chi connectivity index (χ4v) is 13.1. The van der Waals surface area contributed by atoms with Gasteiger partial charge in [0.25, 0.3) is 0 Å². The lowest BCUT2D eigenvalue weighted by atomic mass is 10.1. The maximum atomic E-state index is 2.51. The van der Waals surface area contributed by atoms with Crippen LogP contribution in [0.2, 0.25) is 0 Å². The molecule has 0 fully saturated rings.